The molecule has 0 aliphatic rings. The van der Waals surface area contributed by atoms with Gasteiger partial charge >= 0.3 is 5.97 Å². The van der Waals surface area contributed by atoms with E-state index in [1.165, 1.54) is 6.92 Å². The highest BCUT2D eigenvalue weighted by Gasteiger charge is 2.31. The lowest BCUT2D eigenvalue weighted by molar-refractivity contribution is -0.142. The van der Waals surface area contributed by atoms with Crippen LogP contribution in [0.4, 0.5) is 0 Å². The molecule has 1 aromatic heterocycles. The molecule has 1 aromatic carbocycles. The number of nitrogens with one attached hydrogen (secondary N) is 4. The van der Waals surface area contributed by atoms with Gasteiger partial charge in [0.1, 0.15) is 18.1 Å². The Morgan fingerprint density at radius 2 is 1.70 bits per heavy atom. The standard InChI is InChI=1S/C26H40N6O5/c1-4-15(2)22(25(35)30-16(3)23(33)31-21(26(36)37)11-7-8-12-27)32-24(34)19(28)13-17-14-29-20-10-6-5-9-18(17)20/h5-6,9-10,14-16,19,21-22,29H,4,7-8,11-13,27-28H2,1-3H3,(H,30,35)(H,31,33)(H,32,34)(H,36,37). The van der Waals surface area contributed by atoms with Crippen LogP contribution in [-0.2, 0) is 25.6 Å². The highest BCUT2D eigenvalue weighted by atomic mass is 16.4. The molecular formula is C26H40N6O5. The van der Waals surface area contributed by atoms with E-state index in [0.717, 1.165) is 16.5 Å². The van der Waals surface area contributed by atoms with Crippen molar-refractivity contribution in [1.82, 2.24) is 20.9 Å². The van der Waals surface area contributed by atoms with Gasteiger partial charge in [-0.1, -0.05) is 38.5 Å². The minimum absolute atomic E-state index is 0.234. The molecule has 0 saturated heterocycles. The third-order valence-electron chi connectivity index (χ3n) is 6.56. The van der Waals surface area contributed by atoms with Crippen molar-refractivity contribution in [3.63, 3.8) is 0 Å². The molecule has 5 unspecified atom stereocenters. The van der Waals surface area contributed by atoms with Gasteiger partial charge in [-0.05, 0) is 56.7 Å². The van der Waals surface area contributed by atoms with E-state index in [4.69, 9.17) is 11.5 Å². The summed E-state index contributed by atoms with van der Waals surface area (Å²) in [6.07, 6.45) is 4.12. The normalized spacial score (nSPS) is 15.3. The number of fused-ring (bicyclic) bond motifs is 1. The molecule has 0 radical (unpaired) electrons. The topological polar surface area (TPSA) is 192 Å². The molecule has 9 N–H and O–H groups in total. The maximum atomic E-state index is 13.1. The van der Waals surface area contributed by atoms with E-state index in [1.54, 1.807) is 0 Å². The summed E-state index contributed by atoms with van der Waals surface area (Å²) in [5.41, 5.74) is 13.5. The van der Waals surface area contributed by atoms with E-state index < -0.39 is 47.9 Å². The van der Waals surface area contributed by atoms with Crippen LogP contribution in [0, 0.1) is 5.92 Å². The van der Waals surface area contributed by atoms with Crippen molar-refractivity contribution < 1.29 is 24.3 Å². The van der Waals surface area contributed by atoms with Crippen LogP contribution in [-0.4, -0.2) is 64.5 Å². The molecule has 2 aromatic rings. The van der Waals surface area contributed by atoms with Gasteiger partial charge in [-0.3, -0.25) is 14.4 Å². The Bertz CT molecular complexity index is 1070. The fourth-order valence-electron chi connectivity index (χ4n) is 4.01. The fraction of sp³-hybridized carbons (Fsp3) is 0.538. The summed E-state index contributed by atoms with van der Waals surface area (Å²) in [7, 11) is 0. The largest absolute Gasteiger partial charge is 0.480 e. The molecule has 1 heterocycles. The molecule has 2 rings (SSSR count). The van der Waals surface area contributed by atoms with Crippen LogP contribution >= 0.6 is 0 Å². The zero-order valence-corrected chi connectivity index (χ0v) is 21.8. The maximum absolute atomic E-state index is 13.1. The molecule has 11 heteroatoms. The minimum atomic E-state index is -1.15. The number of hydrogen-bond donors (Lipinski definition) is 7. The molecule has 0 saturated carbocycles. The fourth-order valence-corrected chi connectivity index (χ4v) is 4.01. The van der Waals surface area contributed by atoms with Gasteiger partial charge < -0.3 is 37.5 Å². The highest BCUT2D eigenvalue weighted by molar-refractivity contribution is 5.94. The number of unbranched alkanes of at least 4 members (excludes halogenated alkanes) is 1. The van der Waals surface area contributed by atoms with Crippen LogP contribution in [0.15, 0.2) is 30.5 Å². The SMILES string of the molecule is CCC(C)C(NC(=O)C(N)Cc1c[nH]c2ccccc12)C(=O)NC(C)C(=O)NC(CCCCN)C(=O)O. The molecule has 5 atom stereocenters. The molecular weight excluding hydrogens is 476 g/mol. The lowest BCUT2D eigenvalue weighted by Gasteiger charge is -2.27. The first-order valence-corrected chi connectivity index (χ1v) is 12.7. The second-order valence-electron chi connectivity index (χ2n) is 9.46. The summed E-state index contributed by atoms with van der Waals surface area (Å²) >= 11 is 0. The molecule has 0 aliphatic carbocycles. The molecule has 37 heavy (non-hydrogen) atoms. The summed E-state index contributed by atoms with van der Waals surface area (Å²) in [6, 6.07) is 3.81. The summed E-state index contributed by atoms with van der Waals surface area (Å²) < 4.78 is 0. The van der Waals surface area contributed by atoms with Gasteiger partial charge in [0.15, 0.2) is 0 Å². The van der Waals surface area contributed by atoms with Gasteiger partial charge in [-0.15, -0.1) is 0 Å². The number of hydrogen-bond acceptors (Lipinski definition) is 6. The third-order valence-corrected chi connectivity index (χ3v) is 6.56. The van der Waals surface area contributed by atoms with Crippen molar-refractivity contribution in [3.8, 4) is 0 Å². The number of aromatic nitrogens is 1. The van der Waals surface area contributed by atoms with Crippen LogP contribution in [0.5, 0.6) is 0 Å². The first-order valence-electron chi connectivity index (χ1n) is 12.7. The van der Waals surface area contributed by atoms with E-state index in [2.05, 4.69) is 20.9 Å². The van der Waals surface area contributed by atoms with Crippen molar-refractivity contribution in [2.75, 3.05) is 6.54 Å². The molecule has 0 spiro atoms. The van der Waals surface area contributed by atoms with Crippen molar-refractivity contribution >= 4 is 34.6 Å². The van der Waals surface area contributed by atoms with E-state index in [9.17, 15) is 24.3 Å². The van der Waals surface area contributed by atoms with E-state index in [-0.39, 0.29) is 18.8 Å². The number of para-hydroxylation sites is 1. The zero-order valence-electron chi connectivity index (χ0n) is 21.8. The molecule has 11 nitrogen and oxygen atoms in total. The van der Waals surface area contributed by atoms with E-state index in [1.807, 2.05) is 44.3 Å². The van der Waals surface area contributed by atoms with Gasteiger partial charge in [0.25, 0.3) is 0 Å². The minimum Gasteiger partial charge on any atom is -0.480 e. The molecule has 0 fully saturated rings. The number of H-pyrrole nitrogens is 1. The summed E-state index contributed by atoms with van der Waals surface area (Å²) in [5, 5.41) is 18.2. The number of nitrogens with two attached hydrogens (primary N) is 2. The number of amides is 3. The lowest BCUT2D eigenvalue weighted by atomic mass is 9.97. The predicted octanol–water partition coefficient (Wildman–Crippen LogP) is 0.772. The Morgan fingerprint density at radius 3 is 2.35 bits per heavy atom. The van der Waals surface area contributed by atoms with Crippen molar-refractivity contribution in [1.29, 1.82) is 0 Å². The van der Waals surface area contributed by atoms with Gasteiger partial charge in [-0.25, -0.2) is 4.79 Å². The highest BCUT2D eigenvalue weighted by Crippen LogP contribution is 2.19. The first kappa shape index (κ1) is 29.8. The van der Waals surface area contributed by atoms with Crippen LogP contribution in [0.2, 0.25) is 0 Å². The summed E-state index contributed by atoms with van der Waals surface area (Å²) in [6.45, 7) is 5.60. The van der Waals surface area contributed by atoms with Crippen LogP contribution in [0.3, 0.4) is 0 Å². The second-order valence-corrected chi connectivity index (χ2v) is 9.46. The van der Waals surface area contributed by atoms with Gasteiger partial charge in [0.05, 0.1) is 6.04 Å². The Hall–Kier alpha value is -3.44. The number of carboxylic acid groups (broad SMARTS) is 1. The number of carbonyl (C=O) groups excluding carboxylic acids is 3. The Morgan fingerprint density at radius 1 is 1.00 bits per heavy atom. The molecule has 0 bridgehead atoms. The van der Waals surface area contributed by atoms with Crippen molar-refractivity contribution in [2.45, 2.75) is 77.0 Å². The Kier molecular flexibility index (Phi) is 11.5. The predicted molar refractivity (Wildman–Crippen MR) is 141 cm³/mol. The lowest BCUT2D eigenvalue weighted by Crippen LogP contribution is -2.58. The molecule has 3 amide bonds. The first-order chi connectivity index (χ1) is 17.6. The van der Waals surface area contributed by atoms with Gasteiger partial charge in [-0.2, -0.15) is 0 Å². The smallest absolute Gasteiger partial charge is 0.326 e. The maximum Gasteiger partial charge on any atom is 0.326 e. The van der Waals surface area contributed by atoms with Gasteiger partial charge in [0.2, 0.25) is 17.7 Å². The Labute approximate surface area is 217 Å². The van der Waals surface area contributed by atoms with Crippen molar-refractivity contribution in [2.24, 2.45) is 17.4 Å². The summed E-state index contributed by atoms with van der Waals surface area (Å²) in [4.78, 5) is 53.2. The number of carbonyl (C=O) groups is 4. The number of rotatable bonds is 15. The van der Waals surface area contributed by atoms with E-state index >= 15 is 0 Å². The average Bonchev–Trinajstić information content (AvgIpc) is 3.28. The third kappa shape index (κ3) is 8.57. The number of benzene rings is 1. The number of carboxylic acids is 1. The van der Waals surface area contributed by atoms with Crippen LogP contribution in [0.25, 0.3) is 10.9 Å². The van der Waals surface area contributed by atoms with Crippen LogP contribution in [0.1, 0.15) is 52.0 Å². The van der Waals surface area contributed by atoms with Gasteiger partial charge in [0, 0.05) is 17.1 Å². The Balaban J connectivity index is 2.00. The summed E-state index contributed by atoms with van der Waals surface area (Å²) in [5.74, 6) is -3.03. The quantitative estimate of drug-likeness (QED) is 0.170. The zero-order chi connectivity index (χ0) is 27.5. The average molecular weight is 517 g/mol. The van der Waals surface area contributed by atoms with Crippen molar-refractivity contribution in [3.05, 3.63) is 36.0 Å². The monoisotopic (exact) mass is 516 g/mol. The van der Waals surface area contributed by atoms with Crippen LogP contribution < -0.4 is 27.4 Å². The number of aliphatic carboxylic acids is 1. The molecule has 204 valence electrons. The molecule has 0 aliphatic heterocycles. The van der Waals surface area contributed by atoms with E-state index in [0.29, 0.717) is 25.8 Å². The second kappa shape index (κ2) is 14.3. The number of aromatic amines is 1.